The Morgan fingerprint density at radius 1 is 1.16 bits per heavy atom. The average Bonchev–Trinajstić information content (AvgIpc) is 3.51. The van der Waals surface area contributed by atoms with E-state index in [9.17, 15) is 4.79 Å². The maximum absolute atomic E-state index is 11.9. The van der Waals surface area contributed by atoms with Crippen LogP contribution in [0.4, 0.5) is 11.4 Å². The van der Waals surface area contributed by atoms with Crippen LogP contribution in [0.1, 0.15) is 29.1 Å². The molecular weight excluding hydrogens is 508 g/mol. The van der Waals surface area contributed by atoms with Crippen LogP contribution < -0.4 is 15.5 Å². The second-order valence-electron chi connectivity index (χ2n) is 8.69. The zero-order valence-electron chi connectivity index (χ0n) is 20.3. The van der Waals surface area contributed by atoms with Crippen LogP contribution >= 0.6 is 23.8 Å². The maximum atomic E-state index is 11.9. The number of halogens is 1. The zero-order chi connectivity index (χ0) is 25.9. The Kier molecular flexibility index (Phi) is 7.23. The number of furan rings is 1. The van der Waals surface area contributed by atoms with Gasteiger partial charge < -0.3 is 24.7 Å². The summed E-state index contributed by atoms with van der Waals surface area (Å²) in [6, 6.07) is 22.4. The van der Waals surface area contributed by atoms with Gasteiger partial charge in [-0.15, -0.1) is 0 Å². The summed E-state index contributed by atoms with van der Waals surface area (Å²) in [4.78, 5) is 18.5. The molecule has 0 saturated carbocycles. The molecule has 188 valence electrons. The minimum absolute atomic E-state index is 0.0113. The Bertz CT molecular complexity index is 1430. The summed E-state index contributed by atoms with van der Waals surface area (Å²) < 4.78 is 11.3. The van der Waals surface area contributed by atoms with Gasteiger partial charge in [0.1, 0.15) is 24.2 Å². The van der Waals surface area contributed by atoms with E-state index in [0.717, 1.165) is 34.0 Å². The number of ether oxygens (including phenoxy) is 1. The van der Waals surface area contributed by atoms with E-state index in [4.69, 9.17) is 33.0 Å². The standard InChI is InChI=1S/C28H25ClN4O3S/c1-17-6-7-18(29)15-21(17)23-12-13-24(36-23)27-26(22-5-3-4-14-30-22)32-28(37)33(27)20-10-8-19(9-11-20)31-25(34)16-35-2/h3-15,26-27H,16H2,1-2H3,(H,31,34)(H,32,37)/t26-,27+/m0/s1. The SMILES string of the molecule is COCC(=O)Nc1ccc(N2C(=S)N[C@@H](c3ccccn3)[C@H]2c2ccc(-c3cc(Cl)ccc3C)o2)cc1. The number of methoxy groups -OCH3 is 1. The normalized spacial score (nSPS) is 17.1. The van der Waals surface area contributed by atoms with E-state index in [1.54, 1.807) is 6.20 Å². The molecule has 2 N–H and O–H groups in total. The average molecular weight is 533 g/mol. The number of carbonyl (C=O) groups is 1. The molecule has 9 heteroatoms. The third kappa shape index (κ3) is 5.22. The van der Waals surface area contributed by atoms with Crippen molar-refractivity contribution in [1.29, 1.82) is 0 Å². The number of anilines is 2. The van der Waals surface area contributed by atoms with Gasteiger partial charge in [0.05, 0.1) is 11.7 Å². The van der Waals surface area contributed by atoms with Crippen molar-refractivity contribution in [1.82, 2.24) is 10.3 Å². The molecule has 4 aromatic rings. The highest BCUT2D eigenvalue weighted by Gasteiger charge is 2.42. The molecule has 1 amide bonds. The third-order valence-corrected chi connectivity index (χ3v) is 6.74. The highest BCUT2D eigenvalue weighted by molar-refractivity contribution is 7.80. The van der Waals surface area contributed by atoms with Crippen LogP contribution in [0.2, 0.25) is 5.02 Å². The first-order valence-corrected chi connectivity index (χ1v) is 12.5. The van der Waals surface area contributed by atoms with Gasteiger partial charge in [-0.1, -0.05) is 23.7 Å². The molecule has 7 nitrogen and oxygen atoms in total. The fraction of sp³-hybridized carbons (Fsp3) is 0.179. The quantitative estimate of drug-likeness (QED) is 0.280. The zero-order valence-corrected chi connectivity index (χ0v) is 21.8. The number of carbonyl (C=O) groups excluding carboxylic acids is 1. The minimum atomic E-state index is -0.301. The summed E-state index contributed by atoms with van der Waals surface area (Å²) in [5, 5.41) is 7.43. The molecule has 0 spiro atoms. The van der Waals surface area contributed by atoms with Gasteiger partial charge >= 0.3 is 0 Å². The van der Waals surface area contributed by atoms with Crippen LogP contribution in [0, 0.1) is 6.92 Å². The molecule has 0 aliphatic carbocycles. The van der Waals surface area contributed by atoms with E-state index >= 15 is 0 Å². The van der Waals surface area contributed by atoms with Crippen molar-refractivity contribution in [3.05, 3.63) is 101 Å². The van der Waals surface area contributed by atoms with E-state index in [1.807, 2.05) is 84.6 Å². The summed E-state index contributed by atoms with van der Waals surface area (Å²) in [5.74, 6) is 1.24. The van der Waals surface area contributed by atoms with Crippen molar-refractivity contribution >= 4 is 46.2 Å². The lowest BCUT2D eigenvalue weighted by Crippen LogP contribution is -2.29. The molecule has 5 rings (SSSR count). The van der Waals surface area contributed by atoms with Gasteiger partial charge in [-0.3, -0.25) is 9.78 Å². The molecule has 1 aliphatic rings. The van der Waals surface area contributed by atoms with Crippen LogP contribution in [-0.4, -0.2) is 29.7 Å². The number of hydrogen-bond acceptors (Lipinski definition) is 5. The van der Waals surface area contributed by atoms with Crippen molar-refractivity contribution in [3.63, 3.8) is 0 Å². The van der Waals surface area contributed by atoms with Crippen LogP contribution in [0.5, 0.6) is 0 Å². The van der Waals surface area contributed by atoms with Crippen molar-refractivity contribution in [2.75, 3.05) is 23.9 Å². The van der Waals surface area contributed by atoms with Gasteiger partial charge in [-0.25, -0.2) is 0 Å². The molecule has 1 saturated heterocycles. The topological polar surface area (TPSA) is 79.6 Å². The molecule has 2 aromatic carbocycles. The predicted molar refractivity (Wildman–Crippen MR) is 149 cm³/mol. The molecule has 0 unspecified atom stereocenters. The molecule has 37 heavy (non-hydrogen) atoms. The number of benzene rings is 2. The third-order valence-electron chi connectivity index (χ3n) is 6.19. The first-order valence-electron chi connectivity index (χ1n) is 11.7. The minimum Gasteiger partial charge on any atom is -0.459 e. The Hall–Kier alpha value is -3.72. The fourth-order valence-electron chi connectivity index (χ4n) is 4.47. The number of aryl methyl sites for hydroxylation is 1. The Morgan fingerprint density at radius 3 is 2.70 bits per heavy atom. The van der Waals surface area contributed by atoms with Crippen LogP contribution in [0.3, 0.4) is 0 Å². The number of rotatable bonds is 7. The van der Waals surface area contributed by atoms with Crippen molar-refractivity contribution in [2.24, 2.45) is 0 Å². The fourth-order valence-corrected chi connectivity index (χ4v) is 4.99. The molecule has 3 heterocycles. The smallest absolute Gasteiger partial charge is 0.250 e. The van der Waals surface area contributed by atoms with Gasteiger partial charge in [0.25, 0.3) is 0 Å². The lowest BCUT2D eigenvalue weighted by Gasteiger charge is -2.26. The Morgan fingerprint density at radius 2 is 1.97 bits per heavy atom. The first kappa shape index (κ1) is 25.0. The highest BCUT2D eigenvalue weighted by Crippen LogP contribution is 2.43. The van der Waals surface area contributed by atoms with Gasteiger partial charge in [0.15, 0.2) is 5.11 Å². The van der Waals surface area contributed by atoms with E-state index in [-0.39, 0.29) is 24.6 Å². The van der Waals surface area contributed by atoms with Crippen LogP contribution in [0.25, 0.3) is 11.3 Å². The lowest BCUT2D eigenvalue weighted by molar-refractivity contribution is -0.119. The monoisotopic (exact) mass is 532 g/mol. The molecule has 2 aromatic heterocycles. The van der Waals surface area contributed by atoms with Crippen molar-refractivity contribution < 1.29 is 13.9 Å². The van der Waals surface area contributed by atoms with Gasteiger partial charge in [0.2, 0.25) is 5.91 Å². The summed E-state index contributed by atoms with van der Waals surface area (Å²) in [7, 11) is 1.48. The number of nitrogens with one attached hydrogen (secondary N) is 2. The molecule has 1 aliphatic heterocycles. The summed E-state index contributed by atoms with van der Waals surface area (Å²) in [6.45, 7) is 2.01. The Labute approximate surface area is 225 Å². The van der Waals surface area contributed by atoms with Gasteiger partial charge in [-0.2, -0.15) is 0 Å². The molecule has 0 bridgehead atoms. The highest BCUT2D eigenvalue weighted by atomic mass is 35.5. The number of thiocarbonyl (C=S) groups is 1. The van der Waals surface area contributed by atoms with Gasteiger partial charge in [-0.05, 0) is 85.4 Å². The molecule has 2 atom stereocenters. The van der Waals surface area contributed by atoms with Crippen LogP contribution in [-0.2, 0) is 9.53 Å². The number of pyridine rings is 1. The molecular formula is C28H25ClN4O3S. The first-order chi connectivity index (χ1) is 17.9. The predicted octanol–water partition coefficient (Wildman–Crippen LogP) is 6.07. The number of amides is 1. The second kappa shape index (κ2) is 10.7. The van der Waals surface area contributed by atoms with E-state index in [2.05, 4.69) is 15.6 Å². The van der Waals surface area contributed by atoms with E-state index in [0.29, 0.717) is 15.8 Å². The maximum Gasteiger partial charge on any atom is 0.250 e. The second-order valence-corrected chi connectivity index (χ2v) is 9.51. The number of hydrogen-bond donors (Lipinski definition) is 2. The summed E-state index contributed by atoms with van der Waals surface area (Å²) >= 11 is 12.1. The molecule has 1 fully saturated rings. The molecule has 0 radical (unpaired) electrons. The van der Waals surface area contributed by atoms with Crippen molar-refractivity contribution in [3.8, 4) is 11.3 Å². The van der Waals surface area contributed by atoms with Gasteiger partial charge in [0, 0.05) is 35.3 Å². The number of nitrogens with zero attached hydrogens (tertiary/aromatic N) is 2. The Balaban J connectivity index is 1.52. The summed E-state index contributed by atoms with van der Waals surface area (Å²) in [5.41, 5.74) is 4.36. The van der Waals surface area contributed by atoms with E-state index in [1.165, 1.54) is 7.11 Å². The van der Waals surface area contributed by atoms with Crippen molar-refractivity contribution in [2.45, 2.75) is 19.0 Å². The van der Waals surface area contributed by atoms with Crippen LogP contribution in [0.15, 0.2) is 83.4 Å². The lowest BCUT2D eigenvalue weighted by atomic mass is 10.0. The number of aromatic nitrogens is 1. The largest absolute Gasteiger partial charge is 0.459 e. The summed E-state index contributed by atoms with van der Waals surface area (Å²) in [6.07, 6.45) is 1.76. The van der Waals surface area contributed by atoms with E-state index < -0.39 is 0 Å².